The minimum Gasteiger partial charge on any atom is -0.497 e. The van der Waals surface area contributed by atoms with E-state index in [9.17, 15) is 4.79 Å². The number of aryl methyl sites for hydroxylation is 1. The van der Waals surface area contributed by atoms with Crippen molar-refractivity contribution in [2.75, 3.05) is 12.9 Å². The van der Waals surface area contributed by atoms with Gasteiger partial charge in [0.1, 0.15) is 17.1 Å². The minimum atomic E-state index is -0.323. The first-order chi connectivity index (χ1) is 12.9. The topological polar surface area (TPSA) is 47.6 Å². The Kier molecular flexibility index (Phi) is 6.00. The molecule has 5 heteroatoms. The van der Waals surface area contributed by atoms with Crippen LogP contribution in [0, 0.1) is 6.92 Å². The van der Waals surface area contributed by atoms with Crippen LogP contribution in [0.5, 0.6) is 11.5 Å². The van der Waals surface area contributed by atoms with Gasteiger partial charge in [0.25, 0.3) is 0 Å². The number of amides is 1. The Balaban J connectivity index is 1.62. The predicted molar refractivity (Wildman–Crippen MR) is 110 cm³/mol. The van der Waals surface area contributed by atoms with Crippen molar-refractivity contribution in [1.29, 1.82) is 0 Å². The molecule has 0 spiro atoms. The van der Waals surface area contributed by atoms with Gasteiger partial charge >= 0.3 is 0 Å². The van der Waals surface area contributed by atoms with Crippen LogP contribution in [0.3, 0.4) is 0 Å². The first kappa shape index (κ1) is 19.6. The zero-order valence-corrected chi connectivity index (χ0v) is 17.2. The van der Waals surface area contributed by atoms with Crippen LogP contribution in [0.4, 0.5) is 0 Å². The average molecular weight is 386 g/mol. The van der Waals surface area contributed by atoms with Gasteiger partial charge in [0, 0.05) is 29.1 Å². The molecule has 0 aromatic heterocycles. The molecule has 144 valence electrons. The van der Waals surface area contributed by atoms with E-state index in [1.165, 1.54) is 10.5 Å². The molecule has 1 atom stereocenters. The SMILES string of the molecule is COc1ccc2c(c1)C(NC(=O)CCSc1ccc(C)cc1)CC(C)(C)O2. The van der Waals surface area contributed by atoms with E-state index in [1.54, 1.807) is 18.9 Å². The molecule has 1 N–H and O–H groups in total. The van der Waals surface area contributed by atoms with Gasteiger partial charge in [0.2, 0.25) is 5.91 Å². The highest BCUT2D eigenvalue weighted by molar-refractivity contribution is 7.99. The van der Waals surface area contributed by atoms with Crippen LogP contribution in [0.15, 0.2) is 47.4 Å². The number of fused-ring (bicyclic) bond motifs is 1. The number of benzene rings is 2. The lowest BCUT2D eigenvalue weighted by Gasteiger charge is -2.38. The lowest BCUT2D eigenvalue weighted by Crippen LogP contribution is -2.41. The number of carbonyl (C=O) groups is 1. The largest absolute Gasteiger partial charge is 0.497 e. The highest BCUT2D eigenvalue weighted by Crippen LogP contribution is 2.41. The van der Waals surface area contributed by atoms with Crippen LogP contribution >= 0.6 is 11.8 Å². The minimum absolute atomic E-state index is 0.0612. The third-order valence-corrected chi connectivity index (χ3v) is 5.64. The van der Waals surface area contributed by atoms with Crippen molar-refractivity contribution in [2.45, 2.75) is 50.2 Å². The average Bonchev–Trinajstić information content (AvgIpc) is 2.62. The fraction of sp³-hybridized carbons (Fsp3) is 0.409. The van der Waals surface area contributed by atoms with Crippen molar-refractivity contribution in [2.24, 2.45) is 0 Å². The van der Waals surface area contributed by atoms with E-state index in [2.05, 4.69) is 36.5 Å². The standard InChI is InChI=1S/C22H27NO3S/c1-15-5-8-17(9-6-15)27-12-11-21(24)23-19-14-22(2,3)26-20-10-7-16(25-4)13-18(19)20/h5-10,13,19H,11-12,14H2,1-4H3,(H,23,24). The zero-order chi connectivity index (χ0) is 19.4. The molecule has 1 amide bonds. The predicted octanol–water partition coefficient (Wildman–Crippen LogP) is 4.90. The fourth-order valence-electron chi connectivity index (χ4n) is 3.25. The number of rotatable bonds is 6. The maximum absolute atomic E-state index is 12.5. The number of carbonyl (C=O) groups excluding carboxylic acids is 1. The molecule has 1 aliphatic heterocycles. The Morgan fingerprint density at radius 3 is 2.70 bits per heavy atom. The van der Waals surface area contributed by atoms with Gasteiger partial charge in [0.05, 0.1) is 13.2 Å². The van der Waals surface area contributed by atoms with Gasteiger partial charge in [-0.15, -0.1) is 11.8 Å². The molecule has 4 nitrogen and oxygen atoms in total. The molecular weight excluding hydrogens is 358 g/mol. The lowest BCUT2D eigenvalue weighted by molar-refractivity contribution is -0.121. The van der Waals surface area contributed by atoms with Crippen LogP contribution in [0.25, 0.3) is 0 Å². The summed E-state index contributed by atoms with van der Waals surface area (Å²) < 4.78 is 11.4. The molecule has 0 fully saturated rings. The second-order valence-electron chi connectivity index (χ2n) is 7.50. The van der Waals surface area contributed by atoms with Crippen molar-refractivity contribution >= 4 is 17.7 Å². The molecule has 0 radical (unpaired) electrons. The van der Waals surface area contributed by atoms with Crippen molar-refractivity contribution in [3.63, 3.8) is 0 Å². The van der Waals surface area contributed by atoms with Gasteiger partial charge in [-0.25, -0.2) is 0 Å². The highest BCUT2D eigenvalue weighted by Gasteiger charge is 2.34. The van der Waals surface area contributed by atoms with Crippen LogP contribution in [0.1, 0.15) is 43.9 Å². The summed E-state index contributed by atoms with van der Waals surface area (Å²) in [5.41, 5.74) is 1.90. The first-order valence-corrected chi connectivity index (χ1v) is 10.2. The summed E-state index contributed by atoms with van der Waals surface area (Å²) in [5.74, 6) is 2.40. The van der Waals surface area contributed by atoms with E-state index in [1.807, 2.05) is 32.0 Å². The van der Waals surface area contributed by atoms with E-state index in [4.69, 9.17) is 9.47 Å². The molecule has 1 aliphatic rings. The Bertz CT molecular complexity index is 802. The summed E-state index contributed by atoms with van der Waals surface area (Å²) in [6.07, 6.45) is 1.21. The second kappa shape index (κ2) is 8.26. The van der Waals surface area contributed by atoms with Crippen LogP contribution in [-0.4, -0.2) is 24.4 Å². The second-order valence-corrected chi connectivity index (χ2v) is 8.67. The molecule has 0 saturated carbocycles. The van der Waals surface area contributed by atoms with E-state index >= 15 is 0 Å². The van der Waals surface area contributed by atoms with Gasteiger partial charge in [-0.3, -0.25) is 4.79 Å². The Morgan fingerprint density at radius 2 is 2.00 bits per heavy atom. The number of methoxy groups -OCH3 is 1. The van der Waals surface area contributed by atoms with Gasteiger partial charge in [-0.1, -0.05) is 17.7 Å². The molecule has 2 aromatic rings. The van der Waals surface area contributed by atoms with Crippen LogP contribution in [-0.2, 0) is 4.79 Å². The maximum atomic E-state index is 12.5. The van der Waals surface area contributed by atoms with Crippen molar-refractivity contribution in [3.8, 4) is 11.5 Å². The molecule has 0 bridgehead atoms. The third-order valence-electron chi connectivity index (χ3n) is 4.63. The van der Waals surface area contributed by atoms with E-state index in [-0.39, 0.29) is 17.6 Å². The summed E-state index contributed by atoms with van der Waals surface area (Å²) in [4.78, 5) is 13.7. The molecule has 27 heavy (non-hydrogen) atoms. The molecule has 0 aliphatic carbocycles. The van der Waals surface area contributed by atoms with Crippen molar-refractivity contribution in [3.05, 3.63) is 53.6 Å². The van der Waals surface area contributed by atoms with Crippen LogP contribution < -0.4 is 14.8 Å². The lowest BCUT2D eigenvalue weighted by atomic mass is 9.89. The number of nitrogens with one attached hydrogen (secondary N) is 1. The molecule has 3 rings (SSSR count). The molecule has 2 aromatic carbocycles. The van der Waals surface area contributed by atoms with E-state index < -0.39 is 0 Å². The smallest absolute Gasteiger partial charge is 0.221 e. The Labute approximate surface area is 165 Å². The van der Waals surface area contributed by atoms with Crippen molar-refractivity contribution in [1.82, 2.24) is 5.32 Å². The first-order valence-electron chi connectivity index (χ1n) is 9.22. The fourth-order valence-corrected chi connectivity index (χ4v) is 4.10. The summed E-state index contributed by atoms with van der Waals surface area (Å²) >= 11 is 1.71. The number of ether oxygens (including phenoxy) is 2. The van der Waals surface area contributed by atoms with E-state index in [0.29, 0.717) is 6.42 Å². The molecule has 0 saturated heterocycles. The van der Waals surface area contributed by atoms with Gasteiger partial charge in [-0.2, -0.15) is 0 Å². The summed E-state index contributed by atoms with van der Waals surface area (Å²) in [6.45, 7) is 6.17. The normalized spacial score (nSPS) is 17.6. The van der Waals surface area contributed by atoms with Gasteiger partial charge in [-0.05, 0) is 51.1 Å². The number of hydrogen-bond acceptors (Lipinski definition) is 4. The van der Waals surface area contributed by atoms with Gasteiger partial charge < -0.3 is 14.8 Å². The zero-order valence-electron chi connectivity index (χ0n) is 16.4. The quantitative estimate of drug-likeness (QED) is 0.718. The van der Waals surface area contributed by atoms with Crippen molar-refractivity contribution < 1.29 is 14.3 Å². The monoisotopic (exact) mass is 385 g/mol. The number of thioether (sulfide) groups is 1. The molecule has 1 unspecified atom stereocenters. The molecular formula is C22H27NO3S. The highest BCUT2D eigenvalue weighted by atomic mass is 32.2. The van der Waals surface area contributed by atoms with Gasteiger partial charge in [0.15, 0.2) is 0 Å². The van der Waals surface area contributed by atoms with Crippen LogP contribution in [0.2, 0.25) is 0 Å². The summed E-state index contributed by atoms with van der Waals surface area (Å²) in [6, 6.07) is 14.1. The Hall–Kier alpha value is -2.14. The Morgan fingerprint density at radius 1 is 1.26 bits per heavy atom. The molecule has 1 heterocycles. The summed E-state index contributed by atoms with van der Waals surface area (Å²) in [5, 5.41) is 3.19. The summed E-state index contributed by atoms with van der Waals surface area (Å²) in [7, 11) is 1.64. The third kappa shape index (κ3) is 5.19. The number of hydrogen-bond donors (Lipinski definition) is 1. The van der Waals surface area contributed by atoms with E-state index in [0.717, 1.165) is 29.2 Å². The maximum Gasteiger partial charge on any atom is 0.221 e.